The molecule has 1 aromatic rings. The number of carboxylic acid groups (broad SMARTS) is 1. The predicted molar refractivity (Wildman–Crippen MR) is 97.1 cm³/mol. The van der Waals surface area contributed by atoms with E-state index >= 15 is 0 Å². The summed E-state index contributed by atoms with van der Waals surface area (Å²) in [6.45, 7) is 11.7. The van der Waals surface area contributed by atoms with Crippen LogP contribution in [0.3, 0.4) is 0 Å². The van der Waals surface area contributed by atoms with E-state index in [1.807, 2.05) is 41.5 Å². The molecule has 0 heterocycles. The highest BCUT2D eigenvalue weighted by atomic mass is 79.9. The molecule has 0 unspecified atom stereocenters. The highest BCUT2D eigenvalue weighted by Gasteiger charge is 2.39. The van der Waals surface area contributed by atoms with Crippen LogP contribution in [-0.4, -0.2) is 33.8 Å². The van der Waals surface area contributed by atoms with Crippen LogP contribution in [0.5, 0.6) is 5.75 Å². The van der Waals surface area contributed by atoms with Gasteiger partial charge in [0.15, 0.2) is 11.6 Å². The van der Waals surface area contributed by atoms with Crippen LogP contribution in [0.1, 0.15) is 48.0 Å². The highest BCUT2D eigenvalue weighted by Crippen LogP contribution is 2.31. The zero-order valence-electron chi connectivity index (χ0n) is 15.2. The molecule has 0 bridgehead atoms. The summed E-state index contributed by atoms with van der Waals surface area (Å²) < 4.78 is 20.0. The van der Waals surface area contributed by atoms with Gasteiger partial charge in [-0.2, -0.15) is 0 Å². The van der Waals surface area contributed by atoms with E-state index in [9.17, 15) is 14.3 Å². The molecule has 24 heavy (non-hydrogen) atoms. The molecule has 4 nitrogen and oxygen atoms in total. The minimum Gasteiger partial charge on any atom is -0.490 e. The third kappa shape index (κ3) is 5.65. The second-order valence-electron chi connectivity index (χ2n) is 7.80. The van der Waals surface area contributed by atoms with Crippen molar-refractivity contribution in [3.8, 4) is 5.75 Å². The first-order valence-corrected chi connectivity index (χ1v) is 8.75. The van der Waals surface area contributed by atoms with Crippen LogP contribution in [0.4, 0.5) is 9.18 Å². The molecule has 0 aromatic heterocycles. The molecular formula is C18H27BrFNO3. The minimum absolute atomic E-state index is 0.0623. The fraction of sp³-hybridized carbons (Fsp3) is 0.611. The summed E-state index contributed by atoms with van der Waals surface area (Å²) in [5, 5.41) is 9.57. The van der Waals surface area contributed by atoms with Gasteiger partial charge < -0.3 is 9.84 Å². The number of hydrogen-bond acceptors (Lipinski definition) is 2. The number of ether oxygens (including phenoxy) is 1. The van der Waals surface area contributed by atoms with E-state index in [0.717, 1.165) is 0 Å². The van der Waals surface area contributed by atoms with Crippen LogP contribution < -0.4 is 4.74 Å². The molecule has 0 aliphatic carbocycles. The number of rotatable bonds is 6. The quantitative estimate of drug-likeness (QED) is 0.676. The number of hydrogen-bond donors (Lipinski definition) is 1. The minimum atomic E-state index is -0.945. The molecule has 1 N–H and O–H groups in total. The number of halogens is 2. The molecule has 0 aliphatic rings. The van der Waals surface area contributed by atoms with Gasteiger partial charge in [0.2, 0.25) is 0 Å². The smallest absolute Gasteiger partial charge is 0.408 e. The van der Waals surface area contributed by atoms with Crippen molar-refractivity contribution in [2.75, 3.05) is 6.61 Å². The van der Waals surface area contributed by atoms with Crippen molar-refractivity contribution in [3.63, 3.8) is 0 Å². The monoisotopic (exact) mass is 403 g/mol. The molecule has 0 saturated carbocycles. The molecule has 1 rings (SSSR count). The second-order valence-corrected chi connectivity index (χ2v) is 8.71. The lowest BCUT2D eigenvalue weighted by atomic mass is 9.87. The Labute approximate surface area is 152 Å². The van der Waals surface area contributed by atoms with Crippen molar-refractivity contribution >= 4 is 22.0 Å². The van der Waals surface area contributed by atoms with Gasteiger partial charge in [0.1, 0.15) is 0 Å². The van der Waals surface area contributed by atoms with E-state index in [1.165, 1.54) is 11.0 Å². The van der Waals surface area contributed by atoms with Gasteiger partial charge in [-0.25, -0.2) is 9.18 Å². The molecule has 0 fully saturated rings. The Hall–Kier alpha value is -1.30. The first-order chi connectivity index (χ1) is 10.8. The van der Waals surface area contributed by atoms with Crippen molar-refractivity contribution in [2.45, 2.75) is 59.0 Å². The van der Waals surface area contributed by atoms with Crippen molar-refractivity contribution in [1.82, 2.24) is 4.90 Å². The zero-order valence-corrected chi connectivity index (χ0v) is 16.8. The van der Waals surface area contributed by atoms with Crippen molar-refractivity contribution in [3.05, 3.63) is 28.5 Å². The van der Waals surface area contributed by atoms with Gasteiger partial charge in [0.05, 0.1) is 6.61 Å². The number of nitrogens with zero attached hydrogens (tertiary/aromatic N) is 1. The summed E-state index contributed by atoms with van der Waals surface area (Å²) in [5.74, 6) is -0.154. The van der Waals surface area contributed by atoms with Crippen LogP contribution in [0, 0.1) is 11.7 Å². The molecule has 1 amide bonds. The summed E-state index contributed by atoms with van der Waals surface area (Å²) in [5.41, 5.74) is -1.07. The van der Waals surface area contributed by atoms with Crippen LogP contribution in [0.25, 0.3) is 0 Å². The number of benzene rings is 1. The standard InChI is InChI=1S/C18H27BrFNO3/c1-12(11-24-15-8-7-13(19)9-14(15)20)10-18(5,6)21(16(22)23)17(2,3)4/h7-9,12H,10-11H2,1-6H3,(H,22,23)/t12-/m0/s1. The molecule has 0 saturated heterocycles. The van der Waals surface area contributed by atoms with Gasteiger partial charge in [-0.3, -0.25) is 4.90 Å². The van der Waals surface area contributed by atoms with E-state index in [0.29, 0.717) is 17.5 Å². The van der Waals surface area contributed by atoms with Crippen molar-refractivity contribution in [1.29, 1.82) is 0 Å². The summed E-state index contributed by atoms with van der Waals surface area (Å²) in [6.07, 6.45) is -0.339. The highest BCUT2D eigenvalue weighted by molar-refractivity contribution is 9.10. The molecule has 0 aliphatic heterocycles. The fourth-order valence-electron chi connectivity index (χ4n) is 3.28. The maximum absolute atomic E-state index is 13.8. The molecule has 0 radical (unpaired) electrons. The average molecular weight is 404 g/mol. The summed E-state index contributed by atoms with van der Waals surface area (Å²) in [6, 6.07) is 4.66. The Morgan fingerprint density at radius 2 is 1.92 bits per heavy atom. The third-order valence-corrected chi connectivity index (χ3v) is 4.23. The Bertz CT molecular complexity index is 584. The predicted octanol–water partition coefficient (Wildman–Crippen LogP) is 5.55. The van der Waals surface area contributed by atoms with Crippen molar-refractivity contribution < 1.29 is 19.0 Å². The maximum Gasteiger partial charge on any atom is 0.408 e. The molecule has 1 atom stereocenters. The normalized spacial score (nSPS) is 13.5. The Morgan fingerprint density at radius 1 is 1.33 bits per heavy atom. The van der Waals surface area contributed by atoms with Crippen LogP contribution in [-0.2, 0) is 0 Å². The van der Waals surface area contributed by atoms with Gasteiger partial charge in [-0.15, -0.1) is 0 Å². The van der Waals surface area contributed by atoms with Gasteiger partial charge in [-0.05, 0) is 65.2 Å². The summed E-state index contributed by atoms with van der Waals surface area (Å²) in [7, 11) is 0. The fourth-order valence-corrected chi connectivity index (χ4v) is 3.61. The van der Waals surface area contributed by atoms with Crippen molar-refractivity contribution in [2.24, 2.45) is 5.92 Å². The number of amides is 1. The van der Waals surface area contributed by atoms with Gasteiger partial charge in [0, 0.05) is 15.6 Å². The first kappa shape index (κ1) is 20.7. The van der Waals surface area contributed by atoms with E-state index in [2.05, 4.69) is 15.9 Å². The van der Waals surface area contributed by atoms with E-state index in [1.54, 1.807) is 12.1 Å². The Kier molecular flexibility index (Phi) is 6.67. The lowest BCUT2D eigenvalue weighted by Crippen LogP contribution is -2.57. The number of carbonyl (C=O) groups is 1. The Balaban J connectivity index is 2.74. The Morgan fingerprint density at radius 3 is 2.38 bits per heavy atom. The largest absolute Gasteiger partial charge is 0.490 e. The SMILES string of the molecule is C[C@H](COc1ccc(Br)cc1F)CC(C)(C)N(C(=O)O)C(C)(C)C. The molecule has 136 valence electrons. The maximum atomic E-state index is 13.8. The third-order valence-electron chi connectivity index (χ3n) is 3.73. The van der Waals surface area contributed by atoms with Crippen LogP contribution >= 0.6 is 15.9 Å². The summed E-state index contributed by atoms with van der Waals surface area (Å²) in [4.78, 5) is 13.1. The first-order valence-electron chi connectivity index (χ1n) is 7.95. The van der Waals surface area contributed by atoms with Crippen LogP contribution in [0.2, 0.25) is 0 Å². The molecule has 6 heteroatoms. The van der Waals surface area contributed by atoms with E-state index in [4.69, 9.17) is 4.74 Å². The molecule has 1 aromatic carbocycles. The zero-order chi connectivity index (χ0) is 18.7. The lowest BCUT2D eigenvalue weighted by molar-refractivity contribution is 0.0186. The lowest BCUT2D eigenvalue weighted by Gasteiger charge is -2.46. The van der Waals surface area contributed by atoms with Gasteiger partial charge >= 0.3 is 6.09 Å². The van der Waals surface area contributed by atoms with Gasteiger partial charge in [0.25, 0.3) is 0 Å². The van der Waals surface area contributed by atoms with E-state index in [-0.39, 0.29) is 11.7 Å². The second kappa shape index (κ2) is 7.72. The average Bonchev–Trinajstić information content (AvgIpc) is 2.33. The van der Waals surface area contributed by atoms with E-state index < -0.39 is 23.0 Å². The van der Waals surface area contributed by atoms with Crippen LogP contribution in [0.15, 0.2) is 22.7 Å². The topological polar surface area (TPSA) is 49.8 Å². The molecule has 0 spiro atoms. The molecular weight excluding hydrogens is 377 g/mol. The van der Waals surface area contributed by atoms with Gasteiger partial charge in [-0.1, -0.05) is 22.9 Å². The summed E-state index contributed by atoms with van der Waals surface area (Å²) >= 11 is 3.21.